The standard InChI is InChI=1S/C18H21N3O4/c1-3-25-18(23)21-15-10-8-14(9-11-15)20-17(22)19-12-13-6-4-5-7-16(13)24-2/h4-11H,3,12H2,1-2H3,(H,21,23)(H2,19,20,22). The monoisotopic (exact) mass is 343 g/mol. The summed E-state index contributed by atoms with van der Waals surface area (Å²) < 4.78 is 10.0. The lowest BCUT2D eigenvalue weighted by Gasteiger charge is -2.11. The summed E-state index contributed by atoms with van der Waals surface area (Å²) in [5, 5.41) is 8.07. The maximum atomic E-state index is 12.0. The number of carbonyl (C=O) groups is 2. The molecule has 2 aromatic carbocycles. The van der Waals surface area contributed by atoms with Gasteiger partial charge < -0.3 is 20.1 Å². The number of carbonyl (C=O) groups excluding carboxylic acids is 2. The van der Waals surface area contributed by atoms with Crippen LogP contribution in [0.3, 0.4) is 0 Å². The maximum absolute atomic E-state index is 12.0. The van der Waals surface area contributed by atoms with Crippen LogP contribution >= 0.6 is 0 Å². The number of rotatable bonds is 6. The zero-order valence-corrected chi connectivity index (χ0v) is 14.2. The molecule has 2 rings (SSSR count). The van der Waals surface area contributed by atoms with Crippen LogP contribution in [0.25, 0.3) is 0 Å². The molecule has 0 radical (unpaired) electrons. The van der Waals surface area contributed by atoms with Crippen molar-refractivity contribution < 1.29 is 19.1 Å². The molecule has 0 saturated carbocycles. The zero-order valence-electron chi connectivity index (χ0n) is 14.2. The van der Waals surface area contributed by atoms with E-state index in [0.29, 0.717) is 24.5 Å². The van der Waals surface area contributed by atoms with Gasteiger partial charge in [0.2, 0.25) is 0 Å². The fourth-order valence-corrected chi connectivity index (χ4v) is 2.12. The van der Waals surface area contributed by atoms with Crippen LogP contribution in [0.2, 0.25) is 0 Å². The number of ether oxygens (including phenoxy) is 2. The van der Waals surface area contributed by atoms with Crippen molar-refractivity contribution in [3.8, 4) is 5.75 Å². The lowest BCUT2D eigenvalue weighted by atomic mass is 10.2. The predicted octanol–water partition coefficient (Wildman–Crippen LogP) is 3.59. The number of amides is 3. The van der Waals surface area contributed by atoms with Gasteiger partial charge in [0.25, 0.3) is 0 Å². The summed E-state index contributed by atoms with van der Waals surface area (Å²) in [7, 11) is 1.59. The number of nitrogens with one attached hydrogen (secondary N) is 3. The minimum Gasteiger partial charge on any atom is -0.496 e. The minimum atomic E-state index is -0.516. The fraction of sp³-hybridized carbons (Fsp3) is 0.222. The van der Waals surface area contributed by atoms with Gasteiger partial charge in [-0.15, -0.1) is 0 Å². The van der Waals surface area contributed by atoms with Gasteiger partial charge in [-0.1, -0.05) is 18.2 Å². The normalized spacial score (nSPS) is 9.84. The van der Waals surface area contributed by atoms with Crippen LogP contribution in [-0.2, 0) is 11.3 Å². The summed E-state index contributed by atoms with van der Waals surface area (Å²) in [4.78, 5) is 23.3. The minimum absolute atomic E-state index is 0.303. The van der Waals surface area contributed by atoms with Crippen molar-refractivity contribution in [2.75, 3.05) is 24.4 Å². The summed E-state index contributed by atoms with van der Waals surface area (Å²) in [5.74, 6) is 0.720. The molecule has 0 atom stereocenters. The Labute approximate surface area is 146 Å². The van der Waals surface area contributed by atoms with Gasteiger partial charge in [-0.25, -0.2) is 9.59 Å². The van der Waals surface area contributed by atoms with E-state index in [2.05, 4.69) is 16.0 Å². The fourth-order valence-electron chi connectivity index (χ4n) is 2.12. The number of methoxy groups -OCH3 is 1. The van der Waals surface area contributed by atoms with Crippen molar-refractivity contribution >= 4 is 23.5 Å². The third-order valence-electron chi connectivity index (χ3n) is 3.30. The highest BCUT2D eigenvalue weighted by molar-refractivity contribution is 5.90. The van der Waals surface area contributed by atoms with E-state index in [4.69, 9.17) is 9.47 Å². The highest BCUT2D eigenvalue weighted by atomic mass is 16.5. The number of hydrogen-bond donors (Lipinski definition) is 3. The summed E-state index contributed by atoms with van der Waals surface area (Å²) >= 11 is 0. The molecular formula is C18H21N3O4. The van der Waals surface area contributed by atoms with E-state index in [1.807, 2.05) is 24.3 Å². The molecule has 25 heavy (non-hydrogen) atoms. The van der Waals surface area contributed by atoms with Gasteiger partial charge in [-0.2, -0.15) is 0 Å². The molecule has 7 nitrogen and oxygen atoms in total. The molecule has 0 aliphatic rings. The van der Waals surface area contributed by atoms with Crippen LogP contribution in [0.1, 0.15) is 12.5 Å². The highest BCUT2D eigenvalue weighted by Gasteiger charge is 2.06. The van der Waals surface area contributed by atoms with Crippen molar-refractivity contribution in [2.24, 2.45) is 0 Å². The second-order valence-corrected chi connectivity index (χ2v) is 5.04. The molecule has 0 heterocycles. The first-order valence-corrected chi connectivity index (χ1v) is 7.83. The van der Waals surface area contributed by atoms with Crippen LogP contribution in [0.4, 0.5) is 21.0 Å². The van der Waals surface area contributed by atoms with Crippen LogP contribution in [-0.4, -0.2) is 25.8 Å². The number of hydrogen-bond acceptors (Lipinski definition) is 4. The molecule has 0 unspecified atom stereocenters. The van der Waals surface area contributed by atoms with Crippen LogP contribution in [0.5, 0.6) is 5.75 Å². The smallest absolute Gasteiger partial charge is 0.411 e. The molecule has 0 aliphatic carbocycles. The van der Waals surface area contributed by atoms with Gasteiger partial charge in [-0.05, 0) is 37.3 Å². The van der Waals surface area contributed by atoms with Crippen LogP contribution < -0.4 is 20.7 Å². The Bertz CT molecular complexity index is 717. The molecule has 0 spiro atoms. The second-order valence-electron chi connectivity index (χ2n) is 5.04. The number of urea groups is 1. The van der Waals surface area contributed by atoms with Gasteiger partial charge in [0.1, 0.15) is 5.75 Å². The molecule has 7 heteroatoms. The van der Waals surface area contributed by atoms with Gasteiger partial charge in [0.15, 0.2) is 0 Å². The maximum Gasteiger partial charge on any atom is 0.411 e. The first-order chi connectivity index (χ1) is 12.1. The molecule has 3 N–H and O–H groups in total. The summed E-state index contributed by atoms with van der Waals surface area (Å²) in [5.41, 5.74) is 2.07. The van der Waals surface area contributed by atoms with Gasteiger partial charge in [0.05, 0.1) is 13.7 Å². The van der Waals surface area contributed by atoms with E-state index in [-0.39, 0.29) is 6.03 Å². The van der Waals surface area contributed by atoms with Crippen molar-refractivity contribution in [3.05, 3.63) is 54.1 Å². The van der Waals surface area contributed by atoms with Crippen molar-refractivity contribution in [1.82, 2.24) is 5.32 Å². The van der Waals surface area contributed by atoms with E-state index in [1.165, 1.54) is 0 Å². The second kappa shape index (κ2) is 9.17. The Balaban J connectivity index is 1.85. The highest BCUT2D eigenvalue weighted by Crippen LogP contribution is 2.17. The Kier molecular flexibility index (Phi) is 6.65. The Morgan fingerprint density at radius 1 is 0.960 bits per heavy atom. The van der Waals surface area contributed by atoms with Gasteiger partial charge in [-0.3, -0.25) is 5.32 Å². The molecule has 0 bridgehead atoms. The molecular weight excluding hydrogens is 322 g/mol. The molecule has 0 fully saturated rings. The van der Waals surface area contributed by atoms with Crippen molar-refractivity contribution in [2.45, 2.75) is 13.5 Å². The molecule has 132 valence electrons. The Hall–Kier alpha value is -3.22. The zero-order chi connectivity index (χ0) is 18.1. The third kappa shape index (κ3) is 5.72. The van der Waals surface area contributed by atoms with Gasteiger partial charge >= 0.3 is 12.1 Å². The Morgan fingerprint density at radius 3 is 2.24 bits per heavy atom. The van der Waals surface area contributed by atoms with E-state index in [9.17, 15) is 9.59 Å². The topological polar surface area (TPSA) is 88.7 Å². The molecule has 2 aromatic rings. The van der Waals surface area contributed by atoms with Crippen molar-refractivity contribution in [1.29, 1.82) is 0 Å². The quantitative estimate of drug-likeness (QED) is 0.748. The Morgan fingerprint density at radius 2 is 1.60 bits per heavy atom. The summed E-state index contributed by atoms with van der Waals surface area (Å²) in [6.45, 7) is 2.38. The van der Waals surface area contributed by atoms with Gasteiger partial charge in [0, 0.05) is 23.5 Å². The number of anilines is 2. The average molecular weight is 343 g/mol. The lowest BCUT2D eigenvalue weighted by molar-refractivity contribution is 0.168. The van der Waals surface area contributed by atoms with Crippen molar-refractivity contribution in [3.63, 3.8) is 0 Å². The number of benzene rings is 2. The lowest BCUT2D eigenvalue weighted by Crippen LogP contribution is -2.28. The van der Waals surface area contributed by atoms with Crippen LogP contribution in [0.15, 0.2) is 48.5 Å². The van der Waals surface area contributed by atoms with E-state index >= 15 is 0 Å². The summed E-state index contributed by atoms with van der Waals surface area (Å²) in [6, 6.07) is 13.9. The van der Waals surface area contributed by atoms with E-state index in [1.54, 1.807) is 38.3 Å². The van der Waals surface area contributed by atoms with E-state index < -0.39 is 6.09 Å². The first-order valence-electron chi connectivity index (χ1n) is 7.83. The number of para-hydroxylation sites is 1. The first kappa shape index (κ1) is 18.1. The largest absolute Gasteiger partial charge is 0.496 e. The molecule has 0 aromatic heterocycles. The molecule has 0 aliphatic heterocycles. The summed E-state index contributed by atoms with van der Waals surface area (Å²) in [6.07, 6.45) is -0.516. The van der Waals surface area contributed by atoms with E-state index in [0.717, 1.165) is 11.3 Å². The third-order valence-corrected chi connectivity index (χ3v) is 3.30. The molecule has 3 amide bonds. The predicted molar refractivity (Wildman–Crippen MR) is 95.9 cm³/mol. The van der Waals surface area contributed by atoms with Crippen LogP contribution in [0, 0.1) is 0 Å². The molecule has 0 saturated heterocycles. The average Bonchev–Trinajstić information content (AvgIpc) is 2.62. The SMILES string of the molecule is CCOC(=O)Nc1ccc(NC(=O)NCc2ccccc2OC)cc1.